The minimum atomic E-state index is -2.28. The molecule has 3 aromatic rings. The van der Waals surface area contributed by atoms with Crippen LogP contribution in [0.4, 0.5) is 4.79 Å². The van der Waals surface area contributed by atoms with E-state index < -0.39 is 12.9 Å². The summed E-state index contributed by atoms with van der Waals surface area (Å²) in [4.78, 5) is 14.6. The molecule has 1 aliphatic rings. The fourth-order valence-corrected chi connectivity index (χ4v) is 10.1. The fraction of sp³-hybridized carbons (Fsp3) is 0.321. The van der Waals surface area contributed by atoms with Crippen molar-refractivity contribution in [2.45, 2.75) is 32.8 Å². The number of rotatable bonds is 5. The number of benzene rings is 3. The van der Waals surface area contributed by atoms with Crippen molar-refractivity contribution in [3.05, 3.63) is 91.0 Å². The summed E-state index contributed by atoms with van der Waals surface area (Å²) in [5.41, 5.74) is -0.466. The van der Waals surface area contributed by atoms with Crippen molar-refractivity contribution in [1.29, 1.82) is 0 Å². The third-order valence-electron chi connectivity index (χ3n) is 6.33. The Balaban J connectivity index is 1.72. The number of hydrogen-bond donors (Lipinski definition) is 0. The second kappa shape index (κ2) is 9.46. The summed E-state index contributed by atoms with van der Waals surface area (Å²) in [5.74, 6) is 0.440. The number of likely N-dealkylation sites (tertiary alicyclic amines) is 1. The van der Waals surface area contributed by atoms with Gasteiger partial charge in [0, 0.05) is 0 Å². The van der Waals surface area contributed by atoms with Crippen molar-refractivity contribution in [1.82, 2.24) is 4.90 Å². The maximum atomic E-state index is 12.7. The first-order valence-electron chi connectivity index (χ1n) is 11.5. The number of hydrogen-bond acceptors (Lipinski definition) is 2. The maximum absolute atomic E-state index is 12.7. The molecule has 0 aromatic heterocycles. The second-order valence-corrected chi connectivity index (χ2v) is 13.7. The summed E-state index contributed by atoms with van der Waals surface area (Å²) in [6.45, 7) is 7.31. The Bertz CT molecular complexity index is 919. The number of carbonyl (C=O) groups is 1. The van der Waals surface area contributed by atoms with Gasteiger partial charge in [0.05, 0.1) is 0 Å². The number of amides is 1. The van der Waals surface area contributed by atoms with Crippen molar-refractivity contribution >= 4 is 29.3 Å². The van der Waals surface area contributed by atoms with Gasteiger partial charge < -0.3 is 0 Å². The second-order valence-electron chi connectivity index (χ2n) is 9.79. The fourth-order valence-electron chi connectivity index (χ4n) is 4.95. The summed E-state index contributed by atoms with van der Waals surface area (Å²) in [5, 5.41) is 4.27. The third kappa shape index (κ3) is 4.89. The molecule has 1 unspecified atom stereocenters. The van der Waals surface area contributed by atoms with Gasteiger partial charge in [-0.15, -0.1) is 0 Å². The van der Waals surface area contributed by atoms with Crippen LogP contribution in [0, 0.1) is 5.92 Å². The van der Waals surface area contributed by atoms with Crippen LogP contribution in [0.1, 0.15) is 27.2 Å². The Hall–Kier alpha value is -2.64. The van der Waals surface area contributed by atoms with Gasteiger partial charge in [-0.25, -0.2) is 0 Å². The zero-order chi connectivity index (χ0) is 22.6. The van der Waals surface area contributed by atoms with E-state index in [4.69, 9.17) is 4.74 Å². The molecule has 1 amide bonds. The quantitative estimate of drug-likeness (QED) is 0.517. The Morgan fingerprint density at radius 3 is 1.69 bits per heavy atom. The van der Waals surface area contributed by atoms with Crippen LogP contribution >= 0.6 is 7.26 Å². The van der Waals surface area contributed by atoms with Crippen molar-refractivity contribution in [3.63, 3.8) is 0 Å². The average Bonchev–Trinajstić information content (AvgIpc) is 3.27. The van der Waals surface area contributed by atoms with Gasteiger partial charge in [0.1, 0.15) is 0 Å². The molecular weight excluding hydrogens is 413 g/mol. The van der Waals surface area contributed by atoms with E-state index in [0.29, 0.717) is 5.92 Å². The first-order valence-corrected chi connectivity index (χ1v) is 13.7. The molecule has 0 radical (unpaired) electrons. The van der Waals surface area contributed by atoms with Gasteiger partial charge in [0.15, 0.2) is 0 Å². The molecule has 32 heavy (non-hydrogen) atoms. The third-order valence-corrected chi connectivity index (χ3v) is 11.5. The van der Waals surface area contributed by atoms with E-state index in [9.17, 15) is 4.79 Å². The summed E-state index contributed by atoms with van der Waals surface area (Å²) in [6.07, 6.45) is 1.90. The molecule has 4 heteroatoms. The summed E-state index contributed by atoms with van der Waals surface area (Å²) < 4.78 is 5.65. The molecule has 0 bridgehead atoms. The van der Waals surface area contributed by atoms with Crippen LogP contribution in [-0.4, -0.2) is 35.8 Å². The molecule has 3 aromatic carbocycles. The summed E-state index contributed by atoms with van der Waals surface area (Å²) in [7, 11) is -2.28. The van der Waals surface area contributed by atoms with Crippen LogP contribution in [0.5, 0.6) is 0 Å². The monoisotopic (exact) mass is 447 g/mol. The van der Waals surface area contributed by atoms with E-state index in [1.54, 1.807) is 0 Å². The SMILES string of the molecule is CC(C)(C)OC(=O)N1CCC(C[PH](c2ccccc2)(c2ccccc2)c2ccccc2)C1. The van der Waals surface area contributed by atoms with Crippen LogP contribution < -0.4 is 15.9 Å². The Kier molecular flexibility index (Phi) is 6.67. The molecule has 0 N–H and O–H groups in total. The van der Waals surface area contributed by atoms with Crippen LogP contribution in [0.15, 0.2) is 91.0 Å². The van der Waals surface area contributed by atoms with E-state index >= 15 is 0 Å². The van der Waals surface area contributed by atoms with Gasteiger partial charge in [-0.05, 0) is 0 Å². The van der Waals surface area contributed by atoms with Crippen LogP contribution in [0.3, 0.4) is 0 Å². The van der Waals surface area contributed by atoms with Gasteiger partial charge in [0.25, 0.3) is 0 Å². The minimum absolute atomic E-state index is 0.189. The molecule has 1 atom stereocenters. The van der Waals surface area contributed by atoms with Gasteiger partial charge in [-0.2, -0.15) is 0 Å². The van der Waals surface area contributed by atoms with E-state index in [1.807, 2.05) is 25.7 Å². The summed E-state index contributed by atoms with van der Waals surface area (Å²) >= 11 is 0. The van der Waals surface area contributed by atoms with E-state index in [-0.39, 0.29) is 6.09 Å². The molecule has 1 fully saturated rings. The van der Waals surface area contributed by atoms with Crippen molar-refractivity contribution in [3.8, 4) is 0 Å². The summed E-state index contributed by atoms with van der Waals surface area (Å²) in [6, 6.07) is 33.0. The van der Waals surface area contributed by atoms with Crippen molar-refractivity contribution < 1.29 is 9.53 Å². The molecule has 4 rings (SSSR count). The molecule has 3 nitrogen and oxygen atoms in total. The van der Waals surface area contributed by atoms with E-state index in [0.717, 1.165) is 25.7 Å². The predicted molar refractivity (Wildman–Crippen MR) is 137 cm³/mol. The number of ether oxygens (including phenoxy) is 1. The predicted octanol–water partition coefficient (Wildman–Crippen LogP) is 4.97. The van der Waals surface area contributed by atoms with Gasteiger partial charge in [-0.1, -0.05) is 0 Å². The number of nitrogens with zero attached hydrogens (tertiary/aromatic N) is 1. The zero-order valence-electron chi connectivity index (χ0n) is 19.3. The molecule has 0 saturated carbocycles. The Morgan fingerprint density at radius 1 is 0.844 bits per heavy atom. The molecule has 1 aliphatic heterocycles. The molecule has 0 aliphatic carbocycles. The van der Waals surface area contributed by atoms with E-state index in [1.165, 1.54) is 15.9 Å². The normalized spacial score (nSPS) is 17.2. The molecular formula is C28H34NO2P. The topological polar surface area (TPSA) is 29.5 Å². The molecule has 168 valence electrons. The zero-order valence-corrected chi connectivity index (χ0v) is 20.3. The van der Waals surface area contributed by atoms with Crippen LogP contribution in [0.2, 0.25) is 0 Å². The number of carbonyl (C=O) groups excluding carboxylic acids is 1. The van der Waals surface area contributed by atoms with Crippen molar-refractivity contribution in [2.24, 2.45) is 5.92 Å². The Morgan fingerprint density at radius 2 is 1.28 bits per heavy atom. The van der Waals surface area contributed by atoms with Gasteiger partial charge in [0.2, 0.25) is 0 Å². The molecule has 1 saturated heterocycles. The first-order chi connectivity index (χ1) is 15.4. The van der Waals surface area contributed by atoms with Crippen molar-refractivity contribution in [2.75, 3.05) is 19.3 Å². The van der Waals surface area contributed by atoms with Crippen LogP contribution in [0.25, 0.3) is 0 Å². The molecule has 1 heterocycles. The standard InChI is InChI=1S/C28H34NO2P/c1-28(2,3)31-27(30)29-20-19-23(21-29)22-32(24-13-7-4-8-14-24,25-15-9-5-10-16-25)26-17-11-6-12-18-26/h4-18,23,32H,19-22H2,1-3H3. The molecule has 0 spiro atoms. The Labute approximate surface area is 192 Å². The van der Waals surface area contributed by atoms with E-state index in [2.05, 4.69) is 91.0 Å². The first kappa shape index (κ1) is 22.6. The average molecular weight is 448 g/mol. The van der Waals surface area contributed by atoms with Crippen LogP contribution in [-0.2, 0) is 4.74 Å². The van der Waals surface area contributed by atoms with Gasteiger partial charge in [-0.3, -0.25) is 0 Å². The van der Waals surface area contributed by atoms with Gasteiger partial charge >= 0.3 is 193 Å².